The molecule has 0 atom stereocenters. The van der Waals surface area contributed by atoms with E-state index in [1.807, 2.05) is 35.5 Å². The number of amides is 1. The first-order valence-electron chi connectivity index (χ1n) is 11.6. The summed E-state index contributed by atoms with van der Waals surface area (Å²) in [6, 6.07) is 13.1. The van der Waals surface area contributed by atoms with Gasteiger partial charge in [-0.2, -0.15) is 5.10 Å². The molecule has 0 spiro atoms. The molecule has 2 aromatic carbocycles. The highest BCUT2D eigenvalue weighted by atomic mass is 19.1. The lowest BCUT2D eigenvalue weighted by Crippen LogP contribution is -2.23. The van der Waals surface area contributed by atoms with Crippen LogP contribution in [0.2, 0.25) is 0 Å². The van der Waals surface area contributed by atoms with Gasteiger partial charge < -0.3 is 15.6 Å². The van der Waals surface area contributed by atoms with E-state index in [2.05, 4.69) is 44.6 Å². The number of aryl methyl sites for hydroxylation is 2. The van der Waals surface area contributed by atoms with E-state index in [1.165, 1.54) is 6.07 Å². The van der Waals surface area contributed by atoms with E-state index in [0.717, 1.165) is 27.9 Å². The van der Waals surface area contributed by atoms with Crippen LogP contribution >= 0.6 is 0 Å². The zero-order chi connectivity index (χ0) is 25.2. The fraction of sp³-hybridized carbons (Fsp3) is 0.185. The zero-order valence-corrected chi connectivity index (χ0v) is 20.1. The highest BCUT2D eigenvalue weighted by Crippen LogP contribution is 2.22. The Morgan fingerprint density at radius 3 is 2.53 bits per heavy atom. The fourth-order valence-electron chi connectivity index (χ4n) is 4.13. The summed E-state index contributed by atoms with van der Waals surface area (Å²) in [7, 11) is 0. The summed E-state index contributed by atoms with van der Waals surface area (Å²) in [6.07, 6.45) is 7.14. The number of carbonyl (C=O) groups excluding carboxylic acids is 1. The number of carbonyl (C=O) groups is 1. The third-order valence-electron chi connectivity index (χ3n) is 6.09. The number of nitrogens with two attached hydrogens (primary N) is 1. The molecule has 3 aromatic heterocycles. The van der Waals surface area contributed by atoms with E-state index >= 15 is 0 Å². The van der Waals surface area contributed by atoms with E-state index < -0.39 is 5.82 Å². The third kappa shape index (κ3) is 4.95. The first-order chi connectivity index (χ1) is 17.4. The van der Waals surface area contributed by atoms with Crippen LogP contribution in [0.15, 0.2) is 67.3 Å². The van der Waals surface area contributed by atoms with Crippen LogP contribution in [0, 0.1) is 19.7 Å². The molecule has 0 saturated heterocycles. The molecule has 3 N–H and O–H groups in total. The van der Waals surface area contributed by atoms with E-state index in [0.29, 0.717) is 24.0 Å². The van der Waals surface area contributed by atoms with Crippen molar-refractivity contribution in [1.82, 2.24) is 29.6 Å². The lowest BCUT2D eigenvalue weighted by atomic mass is 10.1. The highest BCUT2D eigenvalue weighted by molar-refractivity contribution is 5.93. The van der Waals surface area contributed by atoms with Crippen molar-refractivity contribution in [3.63, 3.8) is 0 Å². The van der Waals surface area contributed by atoms with Crippen LogP contribution in [-0.2, 0) is 19.6 Å². The molecule has 0 aliphatic rings. The number of anilines is 1. The van der Waals surface area contributed by atoms with Crippen LogP contribution in [-0.4, -0.2) is 30.2 Å². The number of halogens is 1. The Bertz CT molecular complexity index is 1550. The summed E-state index contributed by atoms with van der Waals surface area (Å²) < 4.78 is 18.4. The van der Waals surface area contributed by atoms with E-state index in [-0.39, 0.29) is 24.0 Å². The SMILES string of the molecule is Cc1cnn(Cc2ccc(Cn3cc(C(=O)NCc4cc5ccnc(N)c5cc4F)nc3C)cc2)c1. The predicted molar refractivity (Wildman–Crippen MR) is 136 cm³/mol. The molecule has 36 heavy (non-hydrogen) atoms. The Hall–Kier alpha value is -4.53. The summed E-state index contributed by atoms with van der Waals surface area (Å²) in [4.78, 5) is 21.1. The number of aromatic nitrogens is 5. The number of rotatable bonds is 7. The van der Waals surface area contributed by atoms with Crippen molar-refractivity contribution in [2.45, 2.75) is 33.5 Å². The van der Waals surface area contributed by atoms with Gasteiger partial charge in [-0.15, -0.1) is 0 Å². The largest absolute Gasteiger partial charge is 0.383 e. The first kappa shape index (κ1) is 23.2. The number of nitrogen functional groups attached to an aromatic ring is 1. The van der Waals surface area contributed by atoms with Crippen molar-refractivity contribution in [3.8, 4) is 0 Å². The second-order valence-corrected chi connectivity index (χ2v) is 8.88. The molecule has 0 aliphatic heterocycles. The molecule has 0 fully saturated rings. The maximum atomic E-state index is 14.6. The molecule has 9 heteroatoms. The number of nitrogens with zero attached hydrogens (tertiary/aromatic N) is 5. The van der Waals surface area contributed by atoms with Crippen molar-refractivity contribution in [2.24, 2.45) is 0 Å². The van der Waals surface area contributed by atoms with Gasteiger partial charge in [0.05, 0.1) is 12.7 Å². The van der Waals surface area contributed by atoms with Crippen molar-refractivity contribution >= 4 is 22.5 Å². The smallest absolute Gasteiger partial charge is 0.271 e. The molecule has 0 bridgehead atoms. The molecule has 5 aromatic rings. The second-order valence-electron chi connectivity index (χ2n) is 8.88. The minimum absolute atomic E-state index is 0.0337. The number of hydrogen-bond donors (Lipinski definition) is 2. The van der Waals surface area contributed by atoms with Crippen LogP contribution in [0.4, 0.5) is 10.2 Å². The molecule has 0 aliphatic carbocycles. The molecular weight excluding hydrogens is 457 g/mol. The standard InChI is InChI=1S/C27H26FN7O/c1-17-11-32-35(13-17)15-20-5-3-19(4-6-20)14-34-16-25(33-18(34)2)27(36)31-12-22-9-21-7-8-30-26(29)23(21)10-24(22)28/h3-11,13,16H,12,14-15H2,1-2H3,(H2,29,30)(H,31,36). The molecule has 8 nitrogen and oxygen atoms in total. The number of imidazole rings is 1. The molecular formula is C27H26FN7O. The number of nitrogens with one attached hydrogen (secondary N) is 1. The van der Waals surface area contributed by atoms with Gasteiger partial charge in [0, 0.05) is 42.6 Å². The molecule has 182 valence electrons. The van der Waals surface area contributed by atoms with Gasteiger partial charge >= 0.3 is 0 Å². The van der Waals surface area contributed by atoms with E-state index in [4.69, 9.17) is 5.73 Å². The van der Waals surface area contributed by atoms with Gasteiger partial charge in [-0.3, -0.25) is 9.48 Å². The van der Waals surface area contributed by atoms with Crippen molar-refractivity contribution in [1.29, 1.82) is 0 Å². The lowest BCUT2D eigenvalue weighted by molar-refractivity contribution is 0.0946. The highest BCUT2D eigenvalue weighted by Gasteiger charge is 2.14. The Morgan fingerprint density at radius 2 is 1.81 bits per heavy atom. The number of fused-ring (bicyclic) bond motifs is 1. The average molecular weight is 484 g/mol. The molecule has 5 rings (SSSR count). The van der Waals surface area contributed by atoms with Gasteiger partial charge in [-0.25, -0.2) is 14.4 Å². The minimum atomic E-state index is -0.449. The monoisotopic (exact) mass is 483 g/mol. The first-order valence-corrected chi connectivity index (χ1v) is 11.6. The number of benzene rings is 2. The normalized spacial score (nSPS) is 11.2. The van der Waals surface area contributed by atoms with E-state index in [1.54, 1.807) is 24.5 Å². The van der Waals surface area contributed by atoms with Gasteiger partial charge in [-0.1, -0.05) is 24.3 Å². The van der Waals surface area contributed by atoms with Gasteiger partial charge in [0.2, 0.25) is 0 Å². The van der Waals surface area contributed by atoms with Gasteiger partial charge in [0.1, 0.15) is 23.2 Å². The molecule has 1 amide bonds. The van der Waals surface area contributed by atoms with Gasteiger partial charge in [0.15, 0.2) is 0 Å². The maximum Gasteiger partial charge on any atom is 0.271 e. The third-order valence-corrected chi connectivity index (χ3v) is 6.09. The van der Waals surface area contributed by atoms with Gasteiger partial charge in [-0.05, 0) is 54.1 Å². The number of pyridine rings is 1. The van der Waals surface area contributed by atoms with Crippen LogP contribution < -0.4 is 11.1 Å². The number of hydrogen-bond acceptors (Lipinski definition) is 5. The maximum absolute atomic E-state index is 14.6. The molecule has 0 unspecified atom stereocenters. The zero-order valence-electron chi connectivity index (χ0n) is 20.1. The average Bonchev–Trinajstić information content (AvgIpc) is 3.44. The van der Waals surface area contributed by atoms with Crippen molar-refractivity contribution in [3.05, 3.63) is 107 Å². The summed E-state index contributed by atoms with van der Waals surface area (Å²) in [6.45, 7) is 5.20. The van der Waals surface area contributed by atoms with Crippen LogP contribution in [0.5, 0.6) is 0 Å². The molecule has 0 radical (unpaired) electrons. The fourth-order valence-corrected chi connectivity index (χ4v) is 4.13. The quantitative estimate of drug-likeness (QED) is 0.364. The Labute approximate surface area is 207 Å². The molecule has 0 saturated carbocycles. The van der Waals surface area contributed by atoms with E-state index in [9.17, 15) is 9.18 Å². The predicted octanol–water partition coefficient (Wildman–Crippen LogP) is 3.99. The molecule has 3 heterocycles. The summed E-state index contributed by atoms with van der Waals surface area (Å²) in [5, 5.41) is 8.40. The summed E-state index contributed by atoms with van der Waals surface area (Å²) in [5.74, 6) is 0.174. The van der Waals surface area contributed by atoms with Crippen LogP contribution in [0.25, 0.3) is 10.8 Å². The Morgan fingerprint density at radius 1 is 1.06 bits per heavy atom. The second kappa shape index (κ2) is 9.61. The van der Waals surface area contributed by atoms with Crippen molar-refractivity contribution < 1.29 is 9.18 Å². The Kier molecular flexibility index (Phi) is 6.20. The summed E-state index contributed by atoms with van der Waals surface area (Å²) >= 11 is 0. The van der Waals surface area contributed by atoms with Crippen LogP contribution in [0.3, 0.4) is 0 Å². The lowest BCUT2D eigenvalue weighted by Gasteiger charge is -2.08. The topological polar surface area (TPSA) is 104 Å². The minimum Gasteiger partial charge on any atom is -0.383 e. The van der Waals surface area contributed by atoms with Crippen LogP contribution in [0.1, 0.15) is 38.6 Å². The van der Waals surface area contributed by atoms with Gasteiger partial charge in [0.25, 0.3) is 5.91 Å². The van der Waals surface area contributed by atoms with Crippen molar-refractivity contribution in [2.75, 3.05) is 5.73 Å². The Balaban J connectivity index is 1.23. The summed E-state index contributed by atoms with van der Waals surface area (Å²) in [5.41, 5.74) is 9.85.